The van der Waals surface area contributed by atoms with Crippen molar-refractivity contribution < 1.29 is 4.79 Å². The molecule has 0 radical (unpaired) electrons. The van der Waals surface area contributed by atoms with Crippen LogP contribution in [0.3, 0.4) is 0 Å². The predicted molar refractivity (Wildman–Crippen MR) is 103 cm³/mol. The average Bonchev–Trinajstić information content (AvgIpc) is 3.10. The third-order valence-corrected chi connectivity index (χ3v) is 5.21. The van der Waals surface area contributed by atoms with Gasteiger partial charge in [0.25, 0.3) is 5.91 Å². The number of carbonyl (C=O) groups excluding carboxylic acids is 1. The molecule has 1 aromatic carbocycles. The van der Waals surface area contributed by atoms with E-state index in [4.69, 9.17) is 10.7 Å². The van der Waals surface area contributed by atoms with E-state index in [1.165, 1.54) is 0 Å². The summed E-state index contributed by atoms with van der Waals surface area (Å²) in [5.74, 6) is 0.0398. The van der Waals surface area contributed by atoms with E-state index in [-0.39, 0.29) is 11.3 Å². The number of rotatable bonds is 3. The minimum absolute atomic E-state index is 0.00229. The van der Waals surface area contributed by atoms with Gasteiger partial charge in [0.05, 0.1) is 22.5 Å². The Morgan fingerprint density at radius 3 is 2.73 bits per heavy atom. The smallest absolute Gasteiger partial charge is 0.254 e. The fourth-order valence-electron chi connectivity index (χ4n) is 3.53. The van der Waals surface area contributed by atoms with Gasteiger partial charge in [-0.25, -0.2) is 4.98 Å². The maximum absolute atomic E-state index is 13.3. The van der Waals surface area contributed by atoms with E-state index in [1.54, 1.807) is 6.20 Å². The molecule has 3 heterocycles. The molecule has 132 valence electrons. The van der Waals surface area contributed by atoms with E-state index >= 15 is 0 Å². The zero-order valence-corrected chi connectivity index (χ0v) is 14.9. The molecule has 1 saturated heterocycles. The number of likely N-dealkylation sites (tertiary alicyclic amines) is 1. The zero-order valence-electron chi connectivity index (χ0n) is 14.9. The minimum Gasteiger partial charge on any atom is -0.338 e. The van der Waals surface area contributed by atoms with Crippen molar-refractivity contribution in [2.45, 2.75) is 13.3 Å². The summed E-state index contributed by atoms with van der Waals surface area (Å²) in [6.07, 6.45) is 2.67. The van der Waals surface area contributed by atoms with Crippen molar-refractivity contribution in [3.8, 4) is 11.4 Å². The number of benzene rings is 1. The molecule has 0 bridgehead atoms. The van der Waals surface area contributed by atoms with Gasteiger partial charge in [-0.2, -0.15) is 0 Å². The van der Waals surface area contributed by atoms with Crippen molar-refractivity contribution in [2.75, 3.05) is 19.6 Å². The van der Waals surface area contributed by atoms with Crippen LogP contribution in [0.25, 0.3) is 22.3 Å². The molecule has 1 aliphatic heterocycles. The first-order valence-electron chi connectivity index (χ1n) is 8.90. The van der Waals surface area contributed by atoms with Crippen molar-refractivity contribution in [3.63, 3.8) is 0 Å². The number of hydrogen-bond donors (Lipinski definition) is 1. The second-order valence-corrected chi connectivity index (χ2v) is 7.28. The number of nitrogens with two attached hydrogens (primary N) is 1. The van der Waals surface area contributed by atoms with E-state index in [0.717, 1.165) is 29.6 Å². The standard InChI is InChI=1S/C21H22N4O/c1-21(13-22)9-11-25(14-21)20(26)16-12-19(18-8-4-5-10-23-18)24-17-7-3-2-6-15(16)17/h2-8,10,12H,9,11,13-14,22H2,1H3. The number of fused-ring (bicyclic) bond motifs is 1. The number of nitrogens with zero attached hydrogens (tertiary/aromatic N) is 3. The molecule has 1 fully saturated rings. The van der Waals surface area contributed by atoms with Gasteiger partial charge in [0.1, 0.15) is 0 Å². The number of para-hydroxylation sites is 1. The molecule has 0 saturated carbocycles. The van der Waals surface area contributed by atoms with E-state index in [2.05, 4.69) is 11.9 Å². The summed E-state index contributed by atoms with van der Waals surface area (Å²) in [7, 11) is 0. The summed E-state index contributed by atoms with van der Waals surface area (Å²) in [6.45, 7) is 4.16. The van der Waals surface area contributed by atoms with Crippen LogP contribution in [0, 0.1) is 5.41 Å². The van der Waals surface area contributed by atoms with Gasteiger partial charge >= 0.3 is 0 Å². The zero-order chi connectivity index (χ0) is 18.1. The molecule has 1 amide bonds. The molecule has 1 atom stereocenters. The lowest BCUT2D eigenvalue weighted by atomic mass is 9.90. The highest BCUT2D eigenvalue weighted by Gasteiger charge is 2.35. The van der Waals surface area contributed by atoms with Crippen molar-refractivity contribution in [2.24, 2.45) is 11.1 Å². The van der Waals surface area contributed by atoms with Crippen LogP contribution in [0.15, 0.2) is 54.7 Å². The molecule has 26 heavy (non-hydrogen) atoms. The van der Waals surface area contributed by atoms with Gasteiger partial charge in [0.15, 0.2) is 0 Å². The van der Waals surface area contributed by atoms with E-state index in [1.807, 2.05) is 53.4 Å². The number of amides is 1. The maximum Gasteiger partial charge on any atom is 0.254 e. The Morgan fingerprint density at radius 2 is 2.00 bits per heavy atom. The van der Waals surface area contributed by atoms with Gasteiger partial charge in [0.2, 0.25) is 0 Å². The third kappa shape index (κ3) is 2.95. The highest BCUT2D eigenvalue weighted by Crippen LogP contribution is 2.31. The molecular weight excluding hydrogens is 324 g/mol. The molecule has 0 aliphatic carbocycles. The Balaban J connectivity index is 1.80. The normalized spacial score (nSPS) is 19.8. The lowest BCUT2D eigenvalue weighted by molar-refractivity contribution is 0.0779. The predicted octanol–water partition coefficient (Wildman–Crippen LogP) is 3.11. The first kappa shape index (κ1) is 16.7. The fourth-order valence-corrected chi connectivity index (χ4v) is 3.53. The molecule has 2 N–H and O–H groups in total. The van der Waals surface area contributed by atoms with Gasteiger partial charge in [0, 0.05) is 24.7 Å². The summed E-state index contributed by atoms with van der Waals surface area (Å²) in [6, 6.07) is 15.3. The number of pyridine rings is 2. The molecule has 1 aliphatic rings. The molecule has 0 spiro atoms. The van der Waals surface area contributed by atoms with E-state index < -0.39 is 0 Å². The molecular formula is C21H22N4O. The quantitative estimate of drug-likeness (QED) is 0.791. The van der Waals surface area contributed by atoms with Crippen molar-refractivity contribution >= 4 is 16.8 Å². The highest BCUT2D eigenvalue weighted by atomic mass is 16.2. The van der Waals surface area contributed by atoms with Gasteiger partial charge in [-0.15, -0.1) is 0 Å². The molecule has 5 heteroatoms. The fraction of sp³-hybridized carbons (Fsp3) is 0.286. The Bertz CT molecular complexity index is 957. The van der Waals surface area contributed by atoms with Gasteiger partial charge in [-0.05, 0) is 42.6 Å². The Morgan fingerprint density at radius 1 is 1.19 bits per heavy atom. The summed E-state index contributed by atoms with van der Waals surface area (Å²) in [5, 5.41) is 0.874. The lowest BCUT2D eigenvalue weighted by Gasteiger charge is -2.23. The number of aromatic nitrogens is 2. The highest BCUT2D eigenvalue weighted by molar-refractivity contribution is 6.07. The van der Waals surface area contributed by atoms with E-state index in [0.29, 0.717) is 24.3 Å². The molecule has 2 aromatic heterocycles. The van der Waals surface area contributed by atoms with Gasteiger partial charge in [-0.1, -0.05) is 31.2 Å². The maximum atomic E-state index is 13.3. The number of hydrogen-bond acceptors (Lipinski definition) is 4. The van der Waals surface area contributed by atoms with Crippen LogP contribution in [0.2, 0.25) is 0 Å². The topological polar surface area (TPSA) is 72.1 Å². The average molecular weight is 346 g/mol. The molecule has 5 nitrogen and oxygen atoms in total. The van der Waals surface area contributed by atoms with Gasteiger partial charge in [-0.3, -0.25) is 9.78 Å². The van der Waals surface area contributed by atoms with Crippen LogP contribution >= 0.6 is 0 Å². The minimum atomic E-state index is 0.00229. The second kappa shape index (κ2) is 6.50. The van der Waals surface area contributed by atoms with Crippen LogP contribution in [0.5, 0.6) is 0 Å². The Hall–Kier alpha value is -2.79. The van der Waals surface area contributed by atoms with Crippen molar-refractivity contribution in [3.05, 3.63) is 60.3 Å². The van der Waals surface area contributed by atoms with Crippen LogP contribution in [-0.2, 0) is 0 Å². The van der Waals surface area contributed by atoms with Crippen LogP contribution < -0.4 is 5.73 Å². The summed E-state index contributed by atoms with van der Waals surface area (Å²) >= 11 is 0. The third-order valence-electron chi connectivity index (χ3n) is 5.21. The van der Waals surface area contributed by atoms with E-state index in [9.17, 15) is 4.79 Å². The SMILES string of the molecule is CC1(CN)CCN(C(=O)c2cc(-c3ccccn3)nc3ccccc23)C1. The Kier molecular flexibility index (Phi) is 4.17. The first-order valence-corrected chi connectivity index (χ1v) is 8.90. The molecule has 3 aromatic rings. The summed E-state index contributed by atoms with van der Waals surface area (Å²) in [5.41, 5.74) is 8.87. The first-order chi connectivity index (χ1) is 12.6. The lowest BCUT2D eigenvalue weighted by Crippen LogP contribution is -2.34. The van der Waals surface area contributed by atoms with Gasteiger partial charge < -0.3 is 10.6 Å². The summed E-state index contributed by atoms with van der Waals surface area (Å²) < 4.78 is 0. The second-order valence-electron chi connectivity index (χ2n) is 7.28. The van der Waals surface area contributed by atoms with Crippen molar-refractivity contribution in [1.29, 1.82) is 0 Å². The largest absolute Gasteiger partial charge is 0.338 e. The molecule has 1 unspecified atom stereocenters. The van der Waals surface area contributed by atoms with Crippen LogP contribution in [0.4, 0.5) is 0 Å². The van der Waals surface area contributed by atoms with Crippen LogP contribution in [0.1, 0.15) is 23.7 Å². The number of carbonyl (C=O) groups is 1. The Labute approximate surface area is 152 Å². The monoisotopic (exact) mass is 346 g/mol. The van der Waals surface area contributed by atoms with Crippen LogP contribution in [-0.4, -0.2) is 40.4 Å². The molecule has 4 rings (SSSR count). The summed E-state index contributed by atoms with van der Waals surface area (Å²) in [4.78, 5) is 24.3. The van der Waals surface area contributed by atoms with Crippen molar-refractivity contribution in [1.82, 2.24) is 14.9 Å².